The first kappa shape index (κ1) is 26.6. The van der Waals surface area contributed by atoms with E-state index in [-0.39, 0.29) is 17.0 Å². The number of nitrogens with zero attached hydrogens (tertiary/aromatic N) is 2. The minimum atomic E-state index is 0. The third kappa shape index (κ3) is 8.73. The Balaban J connectivity index is 0.00000363. The lowest BCUT2D eigenvalue weighted by Gasteiger charge is -2.03. The number of imidazole rings is 1. The number of aryl methyl sites for hydroxylation is 1. The Kier molecular flexibility index (Phi) is 13.4. The Hall–Kier alpha value is -1.61. The minimum absolute atomic E-state index is 0. The smallest absolute Gasteiger partial charge is 0.249 e. The van der Waals surface area contributed by atoms with Crippen molar-refractivity contribution in [3.05, 3.63) is 60.9 Å². The van der Waals surface area contributed by atoms with Gasteiger partial charge in [0.2, 0.25) is 6.33 Å². The van der Waals surface area contributed by atoms with E-state index < -0.39 is 0 Å². The first-order chi connectivity index (χ1) is 15.4. The summed E-state index contributed by atoms with van der Waals surface area (Å²) in [5, 5.41) is 0. The van der Waals surface area contributed by atoms with Crippen LogP contribution in [-0.2, 0) is 6.54 Å². The highest BCUT2D eigenvalue weighted by molar-refractivity contribution is 5.73. The van der Waals surface area contributed by atoms with E-state index in [0.717, 1.165) is 6.54 Å². The van der Waals surface area contributed by atoms with E-state index in [1.165, 1.54) is 107 Å². The summed E-state index contributed by atoms with van der Waals surface area (Å²) in [5.41, 5.74) is 3.86. The lowest BCUT2D eigenvalue weighted by molar-refractivity contribution is -0.672. The van der Waals surface area contributed by atoms with Gasteiger partial charge < -0.3 is 17.0 Å². The second-order valence-electron chi connectivity index (χ2n) is 9.10. The predicted molar refractivity (Wildman–Crippen MR) is 134 cm³/mol. The third-order valence-corrected chi connectivity index (χ3v) is 6.49. The molecule has 0 aliphatic carbocycles. The highest BCUT2D eigenvalue weighted by Crippen LogP contribution is 2.17. The maximum Gasteiger partial charge on any atom is 0.249 e. The van der Waals surface area contributed by atoms with E-state index in [2.05, 4.69) is 77.0 Å². The summed E-state index contributed by atoms with van der Waals surface area (Å²) >= 11 is 0. The molecule has 1 heterocycles. The molecule has 0 N–H and O–H groups in total. The van der Waals surface area contributed by atoms with E-state index in [4.69, 9.17) is 0 Å². The van der Waals surface area contributed by atoms with Crippen molar-refractivity contribution < 1.29 is 21.5 Å². The van der Waals surface area contributed by atoms with Crippen molar-refractivity contribution in [1.29, 1.82) is 0 Å². The fraction of sp³-hybridized carbons (Fsp3) is 0.552. The Morgan fingerprint density at radius 1 is 0.594 bits per heavy atom. The van der Waals surface area contributed by atoms with Gasteiger partial charge in [-0.3, -0.25) is 0 Å². The molecule has 3 aromatic rings. The Morgan fingerprint density at radius 3 is 1.69 bits per heavy atom. The van der Waals surface area contributed by atoms with Crippen molar-refractivity contribution in [2.75, 3.05) is 0 Å². The highest BCUT2D eigenvalue weighted by atomic mass is 79.9. The van der Waals surface area contributed by atoms with Crippen LogP contribution in [-0.4, -0.2) is 4.57 Å². The average molecular weight is 500 g/mol. The minimum Gasteiger partial charge on any atom is -1.00 e. The lowest BCUT2D eigenvalue weighted by Crippen LogP contribution is -3.00. The van der Waals surface area contributed by atoms with Gasteiger partial charge in [-0.05, 0) is 37.1 Å². The van der Waals surface area contributed by atoms with Crippen molar-refractivity contribution in [1.82, 2.24) is 4.57 Å². The molecule has 0 saturated carbocycles. The van der Waals surface area contributed by atoms with Crippen LogP contribution in [0.15, 0.2) is 60.9 Å². The summed E-state index contributed by atoms with van der Waals surface area (Å²) in [4.78, 5) is 0. The fourth-order valence-electron chi connectivity index (χ4n) is 4.62. The van der Waals surface area contributed by atoms with Gasteiger partial charge >= 0.3 is 0 Å². The number of unbranched alkanes of at least 4 members (excludes halogenated alkanes) is 13. The quantitative estimate of drug-likeness (QED) is 0.184. The molecule has 2 nitrogen and oxygen atoms in total. The summed E-state index contributed by atoms with van der Waals surface area (Å²) in [5.74, 6) is 0. The van der Waals surface area contributed by atoms with Crippen LogP contribution in [0.3, 0.4) is 0 Å². The van der Waals surface area contributed by atoms with E-state index in [1.54, 1.807) is 0 Å². The number of para-hydroxylation sites is 3. The third-order valence-electron chi connectivity index (χ3n) is 6.49. The van der Waals surface area contributed by atoms with E-state index in [9.17, 15) is 0 Å². The van der Waals surface area contributed by atoms with Gasteiger partial charge in [0.1, 0.15) is 5.69 Å². The molecule has 0 aliphatic rings. The standard InChI is InChI=1S/C29H43N2.BrH/c1-2-3-4-5-6-7-8-9-10-11-12-13-14-20-25-30-26-31(27-21-16-15-17-22-27)29-24-19-18-23-28(29)30;/h15-19,21-24,26H,2-14,20,25H2,1H3;1H/q+1;/p-1. The second-order valence-corrected chi connectivity index (χ2v) is 9.10. The summed E-state index contributed by atoms with van der Waals surface area (Å²) < 4.78 is 4.75. The topological polar surface area (TPSA) is 8.81 Å². The van der Waals surface area contributed by atoms with Crippen molar-refractivity contribution in [2.45, 2.75) is 103 Å². The number of rotatable bonds is 16. The summed E-state index contributed by atoms with van der Waals surface area (Å²) in [6.07, 6.45) is 22.0. The maximum atomic E-state index is 2.43. The molecule has 3 heteroatoms. The monoisotopic (exact) mass is 498 g/mol. The first-order valence-electron chi connectivity index (χ1n) is 12.9. The Labute approximate surface area is 206 Å². The normalized spacial score (nSPS) is 11.0. The van der Waals surface area contributed by atoms with Crippen LogP contribution >= 0.6 is 0 Å². The Morgan fingerprint density at radius 2 is 1.09 bits per heavy atom. The lowest BCUT2D eigenvalue weighted by atomic mass is 10.0. The van der Waals surface area contributed by atoms with Crippen LogP contribution in [0, 0.1) is 0 Å². The zero-order chi connectivity index (χ0) is 21.6. The molecule has 0 unspecified atom stereocenters. The van der Waals surface area contributed by atoms with E-state index >= 15 is 0 Å². The van der Waals surface area contributed by atoms with Crippen LogP contribution in [0.5, 0.6) is 0 Å². The molecule has 0 bridgehead atoms. The molecule has 3 rings (SSSR count). The fourth-order valence-corrected chi connectivity index (χ4v) is 4.62. The molecule has 0 atom stereocenters. The number of aromatic nitrogens is 2. The number of hydrogen-bond acceptors (Lipinski definition) is 0. The van der Waals surface area contributed by atoms with Gasteiger partial charge in [0.25, 0.3) is 0 Å². The summed E-state index contributed by atoms with van der Waals surface area (Å²) in [7, 11) is 0. The number of halogens is 1. The van der Waals surface area contributed by atoms with Crippen molar-refractivity contribution in [3.63, 3.8) is 0 Å². The molecule has 0 amide bonds. The molecule has 0 aliphatic heterocycles. The zero-order valence-corrected chi connectivity index (χ0v) is 21.7. The van der Waals surface area contributed by atoms with Crippen LogP contribution in [0.1, 0.15) is 96.8 Å². The summed E-state index contributed by atoms with van der Waals surface area (Å²) in [6.45, 7) is 3.40. The van der Waals surface area contributed by atoms with Crippen molar-refractivity contribution >= 4 is 11.0 Å². The molecular formula is C29H43BrN2. The van der Waals surface area contributed by atoms with Gasteiger partial charge in [-0.25, -0.2) is 4.57 Å². The SMILES string of the molecule is CCCCCCCCCCCCCCCC[n+]1cn(-c2ccccc2)c2ccccc21.[Br-]. The Bertz CT molecular complexity index is 856. The van der Waals surface area contributed by atoms with Gasteiger partial charge in [-0.15, -0.1) is 0 Å². The van der Waals surface area contributed by atoms with E-state index in [1.807, 2.05) is 0 Å². The van der Waals surface area contributed by atoms with Gasteiger partial charge in [0, 0.05) is 0 Å². The van der Waals surface area contributed by atoms with E-state index in [0.29, 0.717) is 0 Å². The number of fused-ring (bicyclic) bond motifs is 1. The molecule has 0 spiro atoms. The van der Waals surface area contributed by atoms with Crippen LogP contribution in [0.2, 0.25) is 0 Å². The van der Waals surface area contributed by atoms with Crippen molar-refractivity contribution in [3.8, 4) is 5.69 Å². The summed E-state index contributed by atoms with van der Waals surface area (Å²) in [6, 6.07) is 19.4. The van der Waals surface area contributed by atoms with Gasteiger partial charge in [-0.1, -0.05) is 114 Å². The average Bonchev–Trinajstić information content (AvgIpc) is 3.18. The van der Waals surface area contributed by atoms with Crippen LogP contribution in [0.4, 0.5) is 0 Å². The molecule has 0 radical (unpaired) electrons. The zero-order valence-electron chi connectivity index (χ0n) is 20.2. The second kappa shape index (κ2) is 16.1. The predicted octanol–water partition coefficient (Wildman–Crippen LogP) is 5.40. The highest BCUT2D eigenvalue weighted by Gasteiger charge is 2.16. The molecule has 2 aromatic carbocycles. The van der Waals surface area contributed by atoms with Crippen molar-refractivity contribution in [2.24, 2.45) is 0 Å². The molecule has 0 saturated heterocycles. The molecule has 176 valence electrons. The van der Waals surface area contributed by atoms with Gasteiger partial charge in [0.15, 0.2) is 11.0 Å². The van der Waals surface area contributed by atoms with Gasteiger partial charge in [0.05, 0.1) is 6.54 Å². The number of benzene rings is 2. The first-order valence-corrected chi connectivity index (χ1v) is 12.9. The molecule has 1 aromatic heterocycles. The van der Waals surface area contributed by atoms with Crippen LogP contribution < -0.4 is 21.5 Å². The van der Waals surface area contributed by atoms with Gasteiger partial charge in [-0.2, -0.15) is 4.57 Å². The molecule has 0 fully saturated rings. The molecule has 32 heavy (non-hydrogen) atoms. The largest absolute Gasteiger partial charge is 1.00 e. The number of hydrogen-bond donors (Lipinski definition) is 0. The maximum absolute atomic E-state index is 2.43. The molecular weight excluding hydrogens is 456 g/mol. The van der Waals surface area contributed by atoms with Crippen LogP contribution in [0.25, 0.3) is 16.7 Å².